The van der Waals surface area contributed by atoms with E-state index in [0.717, 1.165) is 163 Å². The molecule has 770 valence electrons. The van der Waals surface area contributed by atoms with E-state index < -0.39 is 0 Å². The van der Waals surface area contributed by atoms with Crippen LogP contribution in [-0.4, -0.2) is 55.2 Å². The van der Waals surface area contributed by atoms with Gasteiger partial charge in [0.15, 0.2) is 0 Å². The van der Waals surface area contributed by atoms with Crippen molar-refractivity contribution in [3.63, 3.8) is 0 Å². The highest BCUT2D eigenvalue weighted by Crippen LogP contribution is 2.33. The van der Waals surface area contributed by atoms with Gasteiger partial charge in [0, 0.05) is 44.0 Å². The molecule has 0 aliphatic heterocycles. The zero-order chi connectivity index (χ0) is 102. The van der Waals surface area contributed by atoms with E-state index in [1.807, 2.05) is 48.8 Å². The SMILES string of the molecule is CCCCCCCCCCc1ccc(-c2ccc3cc(OCCCC)ccc3n2)cc1.CCCCCCCCCCc1ccc(-c2cnc3cc(CCCCCCCC)ccc3n2)cc1.CCCCCCCCCc1ccc(-c2cnc3cc(CCCCCCCCC)ccc3n2)cc1.CCCCCOc1ccc2nc(-c3ccc(C)cc3)ccc2c1.CCCCCc1ccc(-c2ccc3cc(OC)ccc3n2)cc1. The van der Waals surface area contributed by atoms with Crippen LogP contribution in [0.5, 0.6) is 17.2 Å². The van der Waals surface area contributed by atoms with Crippen molar-refractivity contribution in [2.24, 2.45) is 0 Å². The van der Waals surface area contributed by atoms with Crippen molar-refractivity contribution in [3.05, 3.63) is 300 Å². The second kappa shape index (κ2) is 68.1. The minimum Gasteiger partial charge on any atom is -0.497 e. The third kappa shape index (κ3) is 41.7. The van der Waals surface area contributed by atoms with Gasteiger partial charge in [-0.25, -0.2) is 24.9 Å². The molecule has 10 nitrogen and oxygen atoms in total. The van der Waals surface area contributed by atoms with E-state index in [-0.39, 0.29) is 0 Å². The molecule has 0 fully saturated rings. The lowest BCUT2D eigenvalue weighted by Crippen LogP contribution is -1.97. The van der Waals surface area contributed by atoms with Gasteiger partial charge in [0.1, 0.15) is 17.2 Å². The first-order valence-electron chi connectivity index (χ1n) is 57.4. The van der Waals surface area contributed by atoms with Crippen LogP contribution in [0.3, 0.4) is 0 Å². The van der Waals surface area contributed by atoms with Gasteiger partial charge in [-0.05, 0) is 227 Å². The van der Waals surface area contributed by atoms with Crippen molar-refractivity contribution < 1.29 is 14.2 Å². The number of nitrogens with zero attached hydrogens (tertiary/aromatic N) is 7. The Hall–Kier alpha value is -11.5. The molecule has 5 aromatic heterocycles. The van der Waals surface area contributed by atoms with Gasteiger partial charge in [0.25, 0.3) is 0 Å². The Morgan fingerprint density at radius 2 is 0.421 bits per heavy atom. The first-order valence-corrected chi connectivity index (χ1v) is 57.4. The Kier molecular flexibility index (Phi) is 53.4. The summed E-state index contributed by atoms with van der Waals surface area (Å²) in [6.45, 7) is 21.7. The molecular weight excluding hydrogens is 1770 g/mol. The highest BCUT2D eigenvalue weighted by atomic mass is 16.5. The molecule has 0 atom stereocenters. The molecule has 15 aromatic rings. The van der Waals surface area contributed by atoms with Crippen molar-refractivity contribution in [1.82, 2.24) is 34.9 Å². The standard InChI is InChI=1S/2C32H46N2.C29H39NO.2C21H23NO/c1-3-5-7-9-11-12-14-15-17-27-19-22-29(23-20-27)32-26-33-31-25-28(21-24-30(31)34-32)18-16-13-10-8-6-4-2;1-3-5-7-9-11-13-15-17-27-19-22-29(23-20-27)32-26-33-31-25-28(21-24-30(31)34-32)18-16-14-12-10-8-6-4-2;1-3-5-7-8-9-10-11-12-13-24-14-16-25(17-15-24)28-20-18-26-23-27(31-22-6-4-2)19-21-29(26)30-28;1-3-4-5-14-23-19-11-13-21-18(15-19)10-12-20(22-21)17-8-6-16(2)7-9-17;1-3-4-5-6-16-7-9-17(10-8-16)20-13-11-18-15-19(23-2)12-14-21(18)22-20/h2*19-26H,3-18H2,1-2H3;14-21,23H,3-13,22H2,1-2H3;6-13,15H,3-5,14H2,1-2H3;7-15H,3-6H2,1-2H3. The maximum absolute atomic E-state index is 5.82. The lowest BCUT2D eigenvalue weighted by molar-refractivity contribution is 0.306. The van der Waals surface area contributed by atoms with Crippen LogP contribution in [0.1, 0.15) is 377 Å². The van der Waals surface area contributed by atoms with Crippen molar-refractivity contribution in [2.45, 2.75) is 383 Å². The minimum absolute atomic E-state index is 0.777. The zero-order valence-electron chi connectivity index (χ0n) is 91.0. The highest BCUT2D eigenvalue weighted by molar-refractivity contribution is 5.86. The van der Waals surface area contributed by atoms with Crippen molar-refractivity contribution >= 4 is 54.8 Å². The molecule has 0 unspecified atom stereocenters. The number of fused-ring (bicyclic) bond motifs is 5. The summed E-state index contributed by atoms with van der Waals surface area (Å²) in [5.74, 6) is 2.72. The largest absolute Gasteiger partial charge is 0.497 e. The third-order valence-corrected chi connectivity index (χ3v) is 28.2. The lowest BCUT2D eigenvalue weighted by Gasteiger charge is -2.08. The number of hydrogen-bond acceptors (Lipinski definition) is 10. The number of unbranched alkanes of at least 4 members (excludes halogenated alkanes) is 36. The van der Waals surface area contributed by atoms with Crippen molar-refractivity contribution in [1.29, 1.82) is 0 Å². The first-order chi connectivity index (χ1) is 71.4. The summed E-state index contributed by atoms with van der Waals surface area (Å²) in [6.07, 6.45) is 69.5. The quantitative estimate of drug-likeness (QED) is 0.0341. The number of pyridine rings is 3. The van der Waals surface area contributed by atoms with Crippen LogP contribution in [0.4, 0.5) is 0 Å². The number of aromatic nitrogens is 7. The van der Waals surface area contributed by atoms with Crippen LogP contribution in [0.2, 0.25) is 0 Å². The molecule has 0 bridgehead atoms. The van der Waals surface area contributed by atoms with Crippen molar-refractivity contribution in [3.8, 4) is 73.5 Å². The summed E-state index contributed by atoms with van der Waals surface area (Å²) in [4.78, 5) is 33.7. The molecule has 10 heteroatoms. The van der Waals surface area contributed by atoms with Crippen LogP contribution >= 0.6 is 0 Å². The number of rotatable bonds is 60. The Balaban J connectivity index is 0.000000174. The van der Waals surface area contributed by atoms with Gasteiger partial charge in [-0.2, -0.15) is 0 Å². The Labute approximate surface area is 875 Å². The molecule has 0 saturated carbocycles. The van der Waals surface area contributed by atoms with E-state index in [0.29, 0.717) is 0 Å². The number of benzene rings is 10. The molecule has 0 aliphatic carbocycles. The van der Waals surface area contributed by atoms with Gasteiger partial charge < -0.3 is 14.2 Å². The molecule has 0 spiro atoms. The van der Waals surface area contributed by atoms with E-state index in [1.54, 1.807) is 7.11 Å². The summed E-state index contributed by atoms with van der Waals surface area (Å²) in [5.41, 5.74) is 27.6. The second-order valence-electron chi connectivity index (χ2n) is 40.6. The summed E-state index contributed by atoms with van der Waals surface area (Å²) < 4.78 is 16.9. The lowest BCUT2D eigenvalue weighted by atomic mass is 10.0. The molecule has 0 aliphatic rings. The van der Waals surface area contributed by atoms with Gasteiger partial charge in [-0.3, -0.25) is 9.97 Å². The molecule has 0 radical (unpaired) electrons. The number of methoxy groups -OCH3 is 1. The van der Waals surface area contributed by atoms with Crippen LogP contribution in [0, 0.1) is 6.92 Å². The van der Waals surface area contributed by atoms with E-state index >= 15 is 0 Å². The average molecular weight is 1950 g/mol. The van der Waals surface area contributed by atoms with Crippen LogP contribution in [0.15, 0.2) is 261 Å². The number of aryl methyl sites for hydroxylation is 7. The molecular formula is C135H177N7O3. The van der Waals surface area contributed by atoms with Gasteiger partial charge in [0.05, 0.1) is 99.8 Å². The second-order valence-corrected chi connectivity index (χ2v) is 40.6. The Morgan fingerprint density at radius 1 is 0.186 bits per heavy atom. The number of ether oxygens (including phenoxy) is 3. The normalized spacial score (nSPS) is 11.2. The van der Waals surface area contributed by atoms with Gasteiger partial charge in [-0.15, -0.1) is 0 Å². The van der Waals surface area contributed by atoms with Crippen LogP contribution in [0.25, 0.3) is 111 Å². The summed E-state index contributed by atoms with van der Waals surface area (Å²) >= 11 is 0. The summed E-state index contributed by atoms with van der Waals surface area (Å²) in [6, 6.07) is 88.4. The predicted molar refractivity (Wildman–Crippen MR) is 625 cm³/mol. The van der Waals surface area contributed by atoms with E-state index in [4.69, 9.17) is 49.1 Å². The fourth-order valence-electron chi connectivity index (χ4n) is 19.0. The summed E-state index contributed by atoms with van der Waals surface area (Å²) in [7, 11) is 1.69. The first kappa shape index (κ1) is 114. The fraction of sp³-hybridized carbons (Fsp3) is 0.459. The highest BCUT2D eigenvalue weighted by Gasteiger charge is 2.14. The number of hydrogen-bond donors (Lipinski definition) is 0. The maximum atomic E-state index is 5.82. The smallest absolute Gasteiger partial charge is 0.120 e. The Morgan fingerprint density at radius 3 is 0.738 bits per heavy atom. The zero-order valence-corrected chi connectivity index (χ0v) is 91.0. The molecule has 0 N–H and O–H groups in total. The fourth-order valence-corrected chi connectivity index (χ4v) is 19.0. The third-order valence-electron chi connectivity index (χ3n) is 28.2. The van der Waals surface area contributed by atoms with Gasteiger partial charge >= 0.3 is 0 Å². The minimum atomic E-state index is 0.777. The monoisotopic (exact) mass is 1940 g/mol. The molecule has 5 heterocycles. The molecule has 0 amide bonds. The van der Waals surface area contributed by atoms with E-state index in [1.165, 1.54) is 339 Å². The van der Waals surface area contributed by atoms with Crippen LogP contribution in [-0.2, 0) is 38.5 Å². The van der Waals surface area contributed by atoms with Gasteiger partial charge in [0.2, 0.25) is 0 Å². The van der Waals surface area contributed by atoms with E-state index in [9.17, 15) is 0 Å². The molecule has 10 aromatic carbocycles. The summed E-state index contributed by atoms with van der Waals surface area (Å²) in [5, 5.41) is 3.35. The predicted octanol–water partition coefficient (Wildman–Crippen LogP) is 40.0. The topological polar surface area (TPSA) is 118 Å². The molecule has 15 rings (SSSR count). The maximum Gasteiger partial charge on any atom is 0.120 e. The molecule has 0 saturated heterocycles. The molecule has 145 heavy (non-hydrogen) atoms. The van der Waals surface area contributed by atoms with Crippen molar-refractivity contribution in [2.75, 3.05) is 20.3 Å². The Bertz CT molecular complexity index is 6070. The van der Waals surface area contributed by atoms with E-state index in [2.05, 4.69) is 275 Å². The average Bonchev–Trinajstić information content (AvgIpc) is 0.829. The van der Waals surface area contributed by atoms with Gasteiger partial charge in [-0.1, -0.05) is 444 Å². The van der Waals surface area contributed by atoms with Crippen LogP contribution < -0.4 is 14.2 Å².